The zero-order valence-electron chi connectivity index (χ0n) is 21.5. The second kappa shape index (κ2) is 13.9. The van der Waals surface area contributed by atoms with Crippen LogP contribution in [0.15, 0.2) is 72.8 Å². The highest BCUT2D eigenvalue weighted by Crippen LogP contribution is 2.28. The van der Waals surface area contributed by atoms with Crippen molar-refractivity contribution in [1.29, 1.82) is 0 Å². The van der Waals surface area contributed by atoms with E-state index >= 15 is 0 Å². The molecular weight excluding hydrogens is 472 g/mol. The lowest BCUT2D eigenvalue weighted by atomic mass is 10.0. The average Bonchev–Trinajstić information content (AvgIpc) is 2.94. The Morgan fingerprint density at radius 2 is 1.51 bits per heavy atom. The molecule has 8 heteroatoms. The first kappa shape index (κ1) is 27.5. The van der Waals surface area contributed by atoms with Crippen LogP contribution in [0.5, 0.6) is 17.2 Å². The number of amides is 2. The monoisotopic (exact) mass is 506 g/mol. The molecule has 3 aromatic rings. The van der Waals surface area contributed by atoms with Crippen molar-refractivity contribution in [2.75, 3.05) is 34.5 Å². The minimum absolute atomic E-state index is 0.0646. The number of hydrogen-bond donors (Lipinski definition) is 2. The second-order valence-corrected chi connectivity index (χ2v) is 8.46. The van der Waals surface area contributed by atoms with E-state index in [1.54, 1.807) is 38.4 Å². The van der Waals surface area contributed by atoms with E-state index in [2.05, 4.69) is 5.32 Å². The largest absolute Gasteiger partial charge is 0.497 e. The van der Waals surface area contributed by atoms with Crippen LogP contribution < -0.4 is 19.5 Å². The molecule has 3 rings (SSSR count). The number of nitrogens with one attached hydrogen (secondary N) is 1. The molecule has 37 heavy (non-hydrogen) atoms. The van der Waals surface area contributed by atoms with Crippen molar-refractivity contribution in [3.63, 3.8) is 0 Å². The summed E-state index contributed by atoms with van der Waals surface area (Å²) in [5, 5.41) is 12.0. The highest BCUT2D eigenvalue weighted by Gasteiger charge is 2.30. The number of carbonyl (C=O) groups is 2. The predicted molar refractivity (Wildman–Crippen MR) is 141 cm³/mol. The summed E-state index contributed by atoms with van der Waals surface area (Å²) < 4.78 is 16.0. The van der Waals surface area contributed by atoms with E-state index in [1.165, 1.54) is 0 Å². The topological polar surface area (TPSA) is 97.3 Å². The Kier molecular flexibility index (Phi) is 10.3. The van der Waals surface area contributed by atoms with Gasteiger partial charge in [0, 0.05) is 19.5 Å². The van der Waals surface area contributed by atoms with Crippen LogP contribution in [0.4, 0.5) is 0 Å². The van der Waals surface area contributed by atoms with Crippen molar-refractivity contribution in [2.24, 2.45) is 0 Å². The Hall–Kier alpha value is -4.04. The summed E-state index contributed by atoms with van der Waals surface area (Å²) in [4.78, 5) is 28.7. The van der Waals surface area contributed by atoms with Gasteiger partial charge in [0.25, 0.3) is 0 Å². The number of benzene rings is 3. The quantitative estimate of drug-likeness (QED) is 0.370. The van der Waals surface area contributed by atoms with Crippen LogP contribution in [0, 0.1) is 0 Å². The molecule has 0 aromatic heterocycles. The van der Waals surface area contributed by atoms with Gasteiger partial charge >= 0.3 is 0 Å². The number of rotatable bonds is 13. The van der Waals surface area contributed by atoms with Gasteiger partial charge in [-0.1, -0.05) is 48.5 Å². The standard InChI is InChI=1S/C29H34N2O6/c1-35-24-12-9-22(10-13-24)20-31(28(33)19-23-11-14-26(36-2)27(18-23)37-3)25(29(34)30-15-16-32)17-21-7-5-4-6-8-21/h4-14,18,25,32H,15-17,19-20H2,1-3H3,(H,30,34)/t25-/m0/s1. The molecule has 0 fully saturated rings. The molecule has 0 aliphatic rings. The first-order valence-corrected chi connectivity index (χ1v) is 12.0. The number of ether oxygens (including phenoxy) is 3. The molecule has 196 valence electrons. The lowest BCUT2D eigenvalue weighted by Crippen LogP contribution is -2.51. The third-order valence-electron chi connectivity index (χ3n) is 6.00. The third-order valence-corrected chi connectivity index (χ3v) is 6.00. The normalized spacial score (nSPS) is 11.4. The molecular formula is C29H34N2O6. The molecule has 2 amide bonds. The van der Waals surface area contributed by atoms with Crippen molar-refractivity contribution in [3.05, 3.63) is 89.5 Å². The van der Waals surface area contributed by atoms with E-state index in [0.717, 1.165) is 16.7 Å². The van der Waals surface area contributed by atoms with Gasteiger partial charge in [-0.2, -0.15) is 0 Å². The van der Waals surface area contributed by atoms with Crippen molar-refractivity contribution in [2.45, 2.75) is 25.4 Å². The Bertz CT molecular complexity index is 1150. The zero-order valence-corrected chi connectivity index (χ0v) is 21.5. The molecule has 8 nitrogen and oxygen atoms in total. The number of nitrogens with zero attached hydrogens (tertiary/aromatic N) is 1. The molecule has 2 N–H and O–H groups in total. The maximum absolute atomic E-state index is 13.8. The maximum Gasteiger partial charge on any atom is 0.243 e. The SMILES string of the molecule is COc1ccc(CN(C(=O)Cc2ccc(OC)c(OC)c2)[C@@H](Cc2ccccc2)C(=O)NCCO)cc1. The second-order valence-electron chi connectivity index (χ2n) is 8.46. The van der Waals surface area contributed by atoms with Gasteiger partial charge in [0.1, 0.15) is 11.8 Å². The summed E-state index contributed by atoms with van der Waals surface area (Å²) in [6.45, 7) is 0.131. The van der Waals surface area contributed by atoms with Gasteiger partial charge in [-0.05, 0) is 41.0 Å². The van der Waals surface area contributed by atoms with Crippen LogP contribution in [0.1, 0.15) is 16.7 Å². The number of hydrogen-bond acceptors (Lipinski definition) is 6. The number of aliphatic hydroxyl groups excluding tert-OH is 1. The summed E-state index contributed by atoms with van der Waals surface area (Å²) in [5.41, 5.74) is 2.51. The first-order chi connectivity index (χ1) is 18.0. The lowest BCUT2D eigenvalue weighted by molar-refractivity contribution is -0.140. The molecule has 0 saturated carbocycles. The number of methoxy groups -OCH3 is 3. The molecule has 0 heterocycles. The van der Waals surface area contributed by atoms with Crippen LogP contribution in [0.2, 0.25) is 0 Å². The van der Waals surface area contributed by atoms with Gasteiger partial charge in [-0.15, -0.1) is 0 Å². The van der Waals surface area contributed by atoms with Crippen molar-refractivity contribution >= 4 is 11.8 Å². The van der Waals surface area contributed by atoms with Crippen LogP contribution in [-0.4, -0.2) is 62.3 Å². The summed E-state index contributed by atoms with van der Waals surface area (Å²) >= 11 is 0. The summed E-state index contributed by atoms with van der Waals surface area (Å²) in [6.07, 6.45) is 0.390. The summed E-state index contributed by atoms with van der Waals surface area (Å²) in [5.74, 6) is 1.25. The highest BCUT2D eigenvalue weighted by molar-refractivity contribution is 5.89. The Morgan fingerprint density at radius 1 is 0.838 bits per heavy atom. The smallest absolute Gasteiger partial charge is 0.243 e. The average molecular weight is 507 g/mol. The number of aliphatic hydroxyl groups is 1. The maximum atomic E-state index is 13.8. The van der Waals surface area contributed by atoms with Gasteiger partial charge in [0.15, 0.2) is 11.5 Å². The molecule has 0 unspecified atom stereocenters. The first-order valence-electron chi connectivity index (χ1n) is 12.0. The van der Waals surface area contributed by atoms with Crippen LogP contribution in [0.25, 0.3) is 0 Å². The van der Waals surface area contributed by atoms with Gasteiger partial charge < -0.3 is 29.5 Å². The van der Waals surface area contributed by atoms with E-state index < -0.39 is 6.04 Å². The summed E-state index contributed by atoms with van der Waals surface area (Å²) in [6, 6.07) is 21.5. The van der Waals surface area contributed by atoms with Crippen molar-refractivity contribution < 1.29 is 28.9 Å². The van der Waals surface area contributed by atoms with Gasteiger partial charge in [-0.25, -0.2) is 0 Å². The van der Waals surface area contributed by atoms with Gasteiger partial charge in [-0.3, -0.25) is 9.59 Å². The fourth-order valence-corrected chi connectivity index (χ4v) is 4.05. The molecule has 0 spiro atoms. The van der Waals surface area contributed by atoms with Gasteiger partial charge in [0.2, 0.25) is 11.8 Å². The van der Waals surface area contributed by atoms with E-state index in [9.17, 15) is 14.7 Å². The molecule has 0 aliphatic carbocycles. The van der Waals surface area contributed by atoms with Crippen LogP contribution >= 0.6 is 0 Å². The van der Waals surface area contributed by atoms with Gasteiger partial charge in [0.05, 0.1) is 34.4 Å². The Morgan fingerprint density at radius 3 is 2.14 bits per heavy atom. The Labute approximate surface area is 217 Å². The third kappa shape index (κ3) is 7.72. The van der Waals surface area contributed by atoms with Crippen molar-refractivity contribution in [3.8, 4) is 17.2 Å². The molecule has 3 aromatic carbocycles. The molecule has 0 saturated heterocycles. The lowest BCUT2D eigenvalue weighted by Gasteiger charge is -2.31. The molecule has 0 aliphatic heterocycles. The summed E-state index contributed by atoms with van der Waals surface area (Å²) in [7, 11) is 4.69. The molecule has 0 bridgehead atoms. The Balaban J connectivity index is 1.96. The fourth-order valence-electron chi connectivity index (χ4n) is 4.05. The fraction of sp³-hybridized carbons (Fsp3) is 0.310. The molecule has 0 radical (unpaired) electrons. The van der Waals surface area contributed by atoms with Crippen LogP contribution in [0.3, 0.4) is 0 Å². The zero-order chi connectivity index (χ0) is 26.6. The van der Waals surface area contributed by atoms with Crippen LogP contribution in [-0.2, 0) is 29.0 Å². The van der Waals surface area contributed by atoms with E-state index in [0.29, 0.717) is 23.7 Å². The number of carbonyl (C=O) groups excluding carboxylic acids is 2. The molecule has 1 atom stereocenters. The van der Waals surface area contributed by atoms with Crippen molar-refractivity contribution in [1.82, 2.24) is 10.2 Å². The highest BCUT2D eigenvalue weighted by atomic mass is 16.5. The van der Waals surface area contributed by atoms with E-state index in [-0.39, 0.29) is 37.9 Å². The van der Waals surface area contributed by atoms with E-state index in [1.807, 2.05) is 60.7 Å². The minimum atomic E-state index is -0.788. The minimum Gasteiger partial charge on any atom is -0.497 e. The van der Waals surface area contributed by atoms with E-state index in [4.69, 9.17) is 14.2 Å². The predicted octanol–water partition coefficient (Wildman–Crippen LogP) is 3.00.